The molecule has 3 aromatic rings. The molecule has 0 saturated carbocycles. The Hall–Kier alpha value is -4.17. The Morgan fingerprint density at radius 2 is 1.56 bits per heavy atom. The first-order chi connectivity index (χ1) is 15.5. The molecule has 0 aliphatic carbocycles. The van der Waals surface area contributed by atoms with E-state index in [1.54, 1.807) is 67.8 Å². The summed E-state index contributed by atoms with van der Waals surface area (Å²) in [5, 5.41) is 9.44. The summed E-state index contributed by atoms with van der Waals surface area (Å²) < 4.78 is 5.06. The highest BCUT2D eigenvalue weighted by Crippen LogP contribution is 2.19. The molecule has 0 bridgehead atoms. The van der Waals surface area contributed by atoms with Crippen LogP contribution in [0.4, 0.5) is 11.4 Å². The molecule has 0 fully saturated rings. The number of nitrogens with one attached hydrogen (secondary N) is 3. The molecule has 32 heavy (non-hydrogen) atoms. The van der Waals surface area contributed by atoms with Crippen molar-refractivity contribution in [3.8, 4) is 5.75 Å². The highest BCUT2D eigenvalue weighted by atomic mass is 35.5. The van der Waals surface area contributed by atoms with Gasteiger partial charge < -0.3 is 15.4 Å². The molecule has 0 aromatic heterocycles. The molecule has 9 heteroatoms. The second kappa shape index (κ2) is 10.7. The number of ether oxygens (including phenoxy) is 1. The first kappa shape index (κ1) is 22.5. The Morgan fingerprint density at radius 3 is 2.25 bits per heavy atom. The second-order valence-corrected chi connectivity index (χ2v) is 6.87. The molecular formula is C23H19ClN4O4. The van der Waals surface area contributed by atoms with Crippen molar-refractivity contribution in [2.24, 2.45) is 5.10 Å². The van der Waals surface area contributed by atoms with Crippen LogP contribution in [0, 0.1) is 0 Å². The van der Waals surface area contributed by atoms with Gasteiger partial charge in [-0.25, -0.2) is 5.43 Å². The largest absolute Gasteiger partial charge is 0.497 e. The van der Waals surface area contributed by atoms with Crippen LogP contribution in [0.3, 0.4) is 0 Å². The number of nitrogens with zero attached hydrogens (tertiary/aromatic N) is 1. The summed E-state index contributed by atoms with van der Waals surface area (Å²) in [5.41, 5.74) is 3.75. The van der Waals surface area contributed by atoms with Crippen LogP contribution in [0.2, 0.25) is 5.02 Å². The fourth-order valence-corrected chi connectivity index (χ4v) is 2.73. The molecule has 3 rings (SSSR count). The lowest BCUT2D eigenvalue weighted by molar-refractivity contribution is -0.136. The smallest absolute Gasteiger partial charge is 0.329 e. The fourth-order valence-electron chi connectivity index (χ4n) is 2.61. The summed E-state index contributed by atoms with van der Waals surface area (Å²) in [6, 6.07) is 19.9. The minimum Gasteiger partial charge on any atom is -0.497 e. The van der Waals surface area contributed by atoms with E-state index in [-0.39, 0.29) is 11.3 Å². The maximum absolute atomic E-state index is 12.6. The number of hydrogen-bond acceptors (Lipinski definition) is 5. The van der Waals surface area contributed by atoms with Crippen molar-refractivity contribution >= 4 is 46.9 Å². The van der Waals surface area contributed by atoms with E-state index in [1.807, 2.05) is 0 Å². The quantitative estimate of drug-likeness (QED) is 0.302. The van der Waals surface area contributed by atoms with E-state index < -0.39 is 17.7 Å². The number of methoxy groups -OCH3 is 1. The van der Waals surface area contributed by atoms with Crippen molar-refractivity contribution in [1.82, 2.24) is 5.43 Å². The van der Waals surface area contributed by atoms with Crippen LogP contribution in [0.5, 0.6) is 5.75 Å². The highest BCUT2D eigenvalue weighted by molar-refractivity contribution is 6.40. The van der Waals surface area contributed by atoms with Crippen LogP contribution in [0.1, 0.15) is 15.9 Å². The zero-order valence-electron chi connectivity index (χ0n) is 17.0. The van der Waals surface area contributed by atoms with E-state index in [4.69, 9.17) is 16.3 Å². The Kier molecular flexibility index (Phi) is 7.55. The van der Waals surface area contributed by atoms with Gasteiger partial charge in [0.2, 0.25) is 0 Å². The minimum absolute atomic E-state index is 0.179. The predicted molar refractivity (Wildman–Crippen MR) is 123 cm³/mol. The summed E-state index contributed by atoms with van der Waals surface area (Å²) in [6.07, 6.45) is 1.39. The second-order valence-electron chi connectivity index (χ2n) is 6.43. The summed E-state index contributed by atoms with van der Waals surface area (Å²) in [7, 11) is 1.56. The average molecular weight is 451 g/mol. The normalized spacial score (nSPS) is 10.4. The van der Waals surface area contributed by atoms with Crippen LogP contribution in [0.25, 0.3) is 0 Å². The monoisotopic (exact) mass is 450 g/mol. The van der Waals surface area contributed by atoms with Gasteiger partial charge in [0.25, 0.3) is 5.91 Å². The molecule has 0 atom stereocenters. The van der Waals surface area contributed by atoms with Crippen molar-refractivity contribution in [3.63, 3.8) is 0 Å². The summed E-state index contributed by atoms with van der Waals surface area (Å²) >= 11 is 5.85. The molecule has 0 saturated heterocycles. The van der Waals surface area contributed by atoms with Crippen LogP contribution < -0.4 is 20.8 Å². The number of hydrazone groups is 1. The van der Waals surface area contributed by atoms with Crippen molar-refractivity contribution in [2.75, 3.05) is 17.7 Å². The van der Waals surface area contributed by atoms with Crippen LogP contribution >= 0.6 is 11.6 Å². The summed E-state index contributed by atoms with van der Waals surface area (Å²) in [6.45, 7) is 0. The number of benzene rings is 3. The predicted octanol–water partition coefficient (Wildman–Crippen LogP) is 3.69. The number of halogens is 1. The van der Waals surface area contributed by atoms with Gasteiger partial charge in [0, 0.05) is 10.7 Å². The zero-order valence-corrected chi connectivity index (χ0v) is 17.7. The maximum Gasteiger partial charge on any atom is 0.329 e. The van der Waals surface area contributed by atoms with E-state index in [0.29, 0.717) is 22.0 Å². The molecule has 0 spiro atoms. The van der Waals surface area contributed by atoms with Gasteiger partial charge in [-0.05, 0) is 66.2 Å². The molecule has 3 aromatic carbocycles. The van der Waals surface area contributed by atoms with Gasteiger partial charge in [-0.2, -0.15) is 5.10 Å². The third-order valence-electron chi connectivity index (χ3n) is 4.22. The lowest BCUT2D eigenvalue weighted by atomic mass is 10.1. The van der Waals surface area contributed by atoms with Crippen molar-refractivity contribution in [2.45, 2.75) is 0 Å². The molecule has 0 heterocycles. The molecule has 162 valence electrons. The number of carbonyl (C=O) groups is 3. The third-order valence-corrected chi connectivity index (χ3v) is 4.48. The molecule has 3 amide bonds. The Bertz CT molecular complexity index is 1150. The van der Waals surface area contributed by atoms with Gasteiger partial charge in [-0.3, -0.25) is 14.4 Å². The lowest BCUT2D eigenvalue weighted by Gasteiger charge is -2.11. The zero-order chi connectivity index (χ0) is 22.9. The van der Waals surface area contributed by atoms with E-state index >= 15 is 0 Å². The Balaban J connectivity index is 1.61. The number of anilines is 2. The van der Waals surface area contributed by atoms with E-state index in [9.17, 15) is 14.4 Å². The van der Waals surface area contributed by atoms with E-state index in [0.717, 1.165) is 0 Å². The summed E-state index contributed by atoms with van der Waals surface area (Å²) in [4.78, 5) is 36.9. The van der Waals surface area contributed by atoms with Crippen LogP contribution in [0.15, 0.2) is 77.9 Å². The highest BCUT2D eigenvalue weighted by Gasteiger charge is 2.17. The van der Waals surface area contributed by atoms with Crippen molar-refractivity contribution < 1.29 is 19.1 Å². The topological polar surface area (TPSA) is 109 Å². The molecule has 0 aliphatic heterocycles. The van der Waals surface area contributed by atoms with Gasteiger partial charge >= 0.3 is 11.8 Å². The fraction of sp³-hybridized carbons (Fsp3) is 0.0435. The molecule has 0 aliphatic rings. The molecule has 8 nitrogen and oxygen atoms in total. The van der Waals surface area contributed by atoms with Gasteiger partial charge in [-0.1, -0.05) is 23.7 Å². The Morgan fingerprint density at radius 1 is 0.875 bits per heavy atom. The SMILES string of the molecule is COc1ccc(C=NNC(=O)C(=O)Nc2ccccc2C(=O)Nc2ccc(Cl)cc2)cc1. The number of hydrogen-bond donors (Lipinski definition) is 3. The summed E-state index contributed by atoms with van der Waals surface area (Å²) in [5.74, 6) is -1.73. The molecule has 3 N–H and O–H groups in total. The minimum atomic E-state index is -0.984. The van der Waals surface area contributed by atoms with Gasteiger partial charge in [0.15, 0.2) is 0 Å². The first-order valence-electron chi connectivity index (χ1n) is 9.40. The maximum atomic E-state index is 12.6. The lowest BCUT2D eigenvalue weighted by Crippen LogP contribution is -2.33. The van der Waals surface area contributed by atoms with Crippen molar-refractivity contribution in [3.05, 3.63) is 88.9 Å². The van der Waals surface area contributed by atoms with Gasteiger partial charge in [-0.15, -0.1) is 0 Å². The standard InChI is InChI=1S/C23H19ClN4O4/c1-32-18-12-6-15(7-13-18)14-25-28-23(31)22(30)27-20-5-3-2-4-19(20)21(29)26-17-10-8-16(24)9-11-17/h2-14H,1H3,(H,26,29)(H,27,30)(H,28,31). The number of carbonyl (C=O) groups excluding carboxylic acids is 3. The molecule has 0 radical (unpaired) electrons. The van der Waals surface area contributed by atoms with Gasteiger partial charge in [0.05, 0.1) is 24.6 Å². The number of para-hydroxylation sites is 1. The van der Waals surface area contributed by atoms with Crippen LogP contribution in [-0.2, 0) is 9.59 Å². The van der Waals surface area contributed by atoms with Crippen molar-refractivity contribution in [1.29, 1.82) is 0 Å². The molecular weight excluding hydrogens is 432 g/mol. The number of rotatable bonds is 6. The third kappa shape index (κ3) is 6.16. The van der Waals surface area contributed by atoms with E-state index in [1.165, 1.54) is 18.3 Å². The van der Waals surface area contributed by atoms with Gasteiger partial charge in [0.1, 0.15) is 5.75 Å². The Labute approximate surface area is 189 Å². The number of amides is 3. The molecule has 0 unspecified atom stereocenters. The average Bonchev–Trinajstić information content (AvgIpc) is 2.81. The first-order valence-corrected chi connectivity index (χ1v) is 9.78. The van der Waals surface area contributed by atoms with Crippen LogP contribution in [-0.4, -0.2) is 31.0 Å². The van der Waals surface area contributed by atoms with E-state index in [2.05, 4.69) is 21.2 Å².